The zero-order valence-electron chi connectivity index (χ0n) is 13.3. The Bertz CT molecular complexity index is 976. The molecule has 0 spiro atoms. The number of nitro benzene ring substituents is 1. The van der Waals surface area contributed by atoms with Crippen molar-refractivity contribution in [3.05, 3.63) is 58.4 Å². The zero-order valence-corrected chi connectivity index (χ0v) is 14.9. The van der Waals surface area contributed by atoms with Gasteiger partial charge in [0, 0.05) is 18.3 Å². The van der Waals surface area contributed by atoms with E-state index in [1.54, 1.807) is 31.3 Å². The molecule has 0 unspecified atom stereocenters. The van der Waals surface area contributed by atoms with Crippen molar-refractivity contribution < 1.29 is 17.9 Å². The van der Waals surface area contributed by atoms with Crippen LogP contribution in [0.2, 0.25) is 0 Å². The molecule has 26 heavy (non-hydrogen) atoms. The SMILES string of the molecule is C/C(=N/NC(=S)Nc1ccc([N+](=O)[O-])cc1S(=O)(=O)O)c1ccccn1. The first-order chi connectivity index (χ1) is 12.2. The van der Waals surface area contributed by atoms with Gasteiger partial charge in [0.25, 0.3) is 15.8 Å². The molecule has 2 rings (SSSR count). The number of benzene rings is 1. The summed E-state index contributed by atoms with van der Waals surface area (Å²) < 4.78 is 32.2. The zero-order chi connectivity index (χ0) is 19.3. The Morgan fingerprint density at radius 3 is 2.65 bits per heavy atom. The summed E-state index contributed by atoms with van der Waals surface area (Å²) in [5.74, 6) is 0. The molecule has 0 atom stereocenters. The summed E-state index contributed by atoms with van der Waals surface area (Å²) >= 11 is 5.01. The lowest BCUT2D eigenvalue weighted by molar-refractivity contribution is -0.385. The van der Waals surface area contributed by atoms with Crippen LogP contribution < -0.4 is 10.7 Å². The number of hydrogen-bond donors (Lipinski definition) is 3. The molecule has 0 radical (unpaired) electrons. The molecule has 1 heterocycles. The maximum absolute atomic E-state index is 11.5. The van der Waals surface area contributed by atoms with Gasteiger partial charge in [-0.3, -0.25) is 25.1 Å². The minimum absolute atomic E-state index is 0.0842. The first-order valence-electron chi connectivity index (χ1n) is 6.97. The molecule has 0 bridgehead atoms. The number of aromatic nitrogens is 1. The Balaban J connectivity index is 2.20. The summed E-state index contributed by atoms with van der Waals surface area (Å²) in [7, 11) is -4.71. The fourth-order valence-electron chi connectivity index (χ4n) is 1.86. The third-order valence-electron chi connectivity index (χ3n) is 3.06. The molecule has 0 fully saturated rings. The first-order valence-corrected chi connectivity index (χ1v) is 8.82. The van der Waals surface area contributed by atoms with Crippen LogP contribution in [0.4, 0.5) is 11.4 Å². The highest BCUT2D eigenvalue weighted by Crippen LogP contribution is 2.26. The van der Waals surface area contributed by atoms with Gasteiger partial charge in [-0.2, -0.15) is 13.5 Å². The number of pyridine rings is 1. The van der Waals surface area contributed by atoms with Gasteiger partial charge in [-0.1, -0.05) is 6.07 Å². The summed E-state index contributed by atoms with van der Waals surface area (Å²) in [6, 6.07) is 8.19. The van der Waals surface area contributed by atoms with Gasteiger partial charge < -0.3 is 5.32 Å². The first kappa shape index (κ1) is 19.4. The average molecular weight is 395 g/mol. The van der Waals surface area contributed by atoms with E-state index in [2.05, 4.69) is 20.8 Å². The van der Waals surface area contributed by atoms with E-state index >= 15 is 0 Å². The Morgan fingerprint density at radius 2 is 2.08 bits per heavy atom. The van der Waals surface area contributed by atoms with E-state index in [9.17, 15) is 23.1 Å². The predicted octanol–water partition coefficient (Wildman–Crippen LogP) is 1.95. The second-order valence-corrected chi connectivity index (χ2v) is 6.69. The summed E-state index contributed by atoms with van der Waals surface area (Å²) in [4.78, 5) is 13.4. The monoisotopic (exact) mass is 395 g/mol. The quantitative estimate of drug-likeness (QED) is 0.227. The number of hydrogen-bond acceptors (Lipinski definition) is 7. The second kappa shape index (κ2) is 7.95. The van der Waals surface area contributed by atoms with E-state index in [0.717, 1.165) is 18.2 Å². The number of anilines is 1. The van der Waals surface area contributed by atoms with Crippen LogP contribution in [0.3, 0.4) is 0 Å². The topological polar surface area (TPSA) is 147 Å². The van der Waals surface area contributed by atoms with Gasteiger partial charge in [0.05, 0.1) is 22.0 Å². The molecule has 1 aromatic heterocycles. The maximum atomic E-state index is 11.5. The standard InChI is InChI=1S/C14H13N5O5S2/c1-9(11-4-2-3-7-15-11)17-18-14(25)16-12-6-5-10(19(20)21)8-13(12)26(22,23)24/h2-8H,1H3,(H2,16,18,25)(H,22,23,24)/b17-9-. The molecule has 0 aliphatic heterocycles. The molecular weight excluding hydrogens is 382 g/mol. The maximum Gasteiger partial charge on any atom is 0.296 e. The van der Waals surface area contributed by atoms with Crippen LogP contribution in [0.1, 0.15) is 12.6 Å². The number of nitrogens with zero attached hydrogens (tertiary/aromatic N) is 3. The lowest BCUT2D eigenvalue weighted by Crippen LogP contribution is -2.26. The summed E-state index contributed by atoms with van der Waals surface area (Å²) in [6.45, 7) is 1.69. The van der Waals surface area contributed by atoms with Crippen LogP contribution in [0.15, 0.2) is 52.6 Å². The third kappa shape index (κ3) is 5.02. The van der Waals surface area contributed by atoms with E-state index in [1.807, 2.05) is 0 Å². The van der Waals surface area contributed by atoms with Gasteiger partial charge in [-0.25, -0.2) is 0 Å². The van der Waals surface area contributed by atoms with Gasteiger partial charge in [-0.05, 0) is 37.3 Å². The molecule has 10 nitrogen and oxygen atoms in total. The normalized spacial score (nSPS) is 11.7. The molecular formula is C14H13N5O5S2. The Hall–Kier alpha value is -2.96. The highest BCUT2D eigenvalue weighted by atomic mass is 32.2. The van der Waals surface area contributed by atoms with Crippen molar-refractivity contribution in [2.75, 3.05) is 5.32 Å². The van der Waals surface area contributed by atoms with Crippen LogP contribution in [-0.4, -0.2) is 33.7 Å². The van der Waals surface area contributed by atoms with Gasteiger partial charge >= 0.3 is 0 Å². The van der Waals surface area contributed by atoms with Gasteiger partial charge in [0.15, 0.2) is 5.11 Å². The van der Waals surface area contributed by atoms with E-state index in [-0.39, 0.29) is 10.8 Å². The summed E-state index contributed by atoms with van der Waals surface area (Å²) in [6.07, 6.45) is 1.60. The lowest BCUT2D eigenvalue weighted by atomic mass is 10.3. The Morgan fingerprint density at radius 1 is 1.35 bits per heavy atom. The van der Waals surface area contributed by atoms with Gasteiger partial charge in [0.2, 0.25) is 0 Å². The van der Waals surface area contributed by atoms with Crippen molar-refractivity contribution in [2.45, 2.75) is 11.8 Å². The van der Waals surface area contributed by atoms with E-state index in [4.69, 9.17) is 12.2 Å². The van der Waals surface area contributed by atoms with Crippen LogP contribution >= 0.6 is 12.2 Å². The predicted molar refractivity (Wildman–Crippen MR) is 98.7 cm³/mol. The largest absolute Gasteiger partial charge is 0.330 e. The molecule has 0 aliphatic carbocycles. The van der Waals surface area contributed by atoms with Gasteiger partial charge in [-0.15, -0.1) is 0 Å². The van der Waals surface area contributed by atoms with Crippen molar-refractivity contribution in [1.29, 1.82) is 0 Å². The Labute approximate surface area is 153 Å². The average Bonchev–Trinajstić information content (AvgIpc) is 2.59. The van der Waals surface area contributed by atoms with Crippen LogP contribution in [0, 0.1) is 10.1 Å². The molecule has 0 aliphatic rings. The van der Waals surface area contributed by atoms with E-state index < -0.39 is 25.6 Å². The fourth-order valence-corrected chi connectivity index (χ4v) is 2.68. The highest BCUT2D eigenvalue weighted by Gasteiger charge is 2.20. The van der Waals surface area contributed by atoms with Gasteiger partial charge in [0.1, 0.15) is 4.90 Å². The lowest BCUT2D eigenvalue weighted by Gasteiger charge is -2.11. The molecule has 12 heteroatoms. The van der Waals surface area contributed by atoms with Crippen LogP contribution in [0.5, 0.6) is 0 Å². The number of hydrazone groups is 1. The van der Waals surface area contributed by atoms with Crippen molar-refractivity contribution in [3.8, 4) is 0 Å². The minimum Gasteiger partial charge on any atom is -0.330 e. The van der Waals surface area contributed by atoms with Crippen molar-refractivity contribution in [3.63, 3.8) is 0 Å². The molecule has 0 saturated carbocycles. The van der Waals surface area contributed by atoms with Crippen LogP contribution in [-0.2, 0) is 10.1 Å². The smallest absolute Gasteiger partial charge is 0.296 e. The number of nitro groups is 1. The number of non-ortho nitro benzene ring substituents is 1. The van der Waals surface area contributed by atoms with Crippen molar-refractivity contribution >= 4 is 44.5 Å². The minimum atomic E-state index is -4.71. The molecule has 136 valence electrons. The van der Waals surface area contributed by atoms with E-state index in [1.165, 1.54) is 0 Å². The molecule has 2 aromatic rings. The number of rotatable bonds is 5. The molecule has 1 aromatic carbocycles. The molecule has 0 saturated heterocycles. The molecule has 0 amide bonds. The van der Waals surface area contributed by atoms with Crippen molar-refractivity contribution in [2.24, 2.45) is 5.10 Å². The number of nitrogens with one attached hydrogen (secondary N) is 2. The third-order valence-corrected chi connectivity index (χ3v) is 4.15. The number of thiocarbonyl (C=S) groups is 1. The molecule has 3 N–H and O–H groups in total. The summed E-state index contributed by atoms with van der Waals surface area (Å²) in [5.41, 5.74) is 3.00. The summed E-state index contributed by atoms with van der Waals surface area (Å²) in [5, 5.41) is 17.2. The Kier molecular flexibility index (Phi) is 5.92. The fraction of sp³-hybridized carbons (Fsp3) is 0.0714. The van der Waals surface area contributed by atoms with Crippen molar-refractivity contribution in [1.82, 2.24) is 10.4 Å². The second-order valence-electron chi connectivity index (χ2n) is 4.89. The highest BCUT2D eigenvalue weighted by molar-refractivity contribution is 7.86. The van der Waals surface area contributed by atoms with Crippen LogP contribution in [0.25, 0.3) is 0 Å². The van der Waals surface area contributed by atoms with E-state index in [0.29, 0.717) is 11.4 Å².